The zero-order valence-electron chi connectivity index (χ0n) is 13.8. The maximum absolute atomic E-state index is 12.7. The lowest BCUT2D eigenvalue weighted by molar-refractivity contribution is -0.165. The standard InChI is InChI=1S/C21H18O4/c1-2-24-20(23)21(14-13-16-9-5-3-6-10-16)18(15-19(22)25-21)17-11-7-4-8-12-17/h3-15H,2H2,1H3/b14-13+. The Bertz CT molecular complexity index is 821. The van der Waals surface area contributed by atoms with Crippen LogP contribution in [0.15, 0.2) is 72.8 Å². The van der Waals surface area contributed by atoms with Crippen molar-refractivity contribution in [2.24, 2.45) is 0 Å². The molecule has 0 saturated heterocycles. The molecule has 0 radical (unpaired) electrons. The summed E-state index contributed by atoms with van der Waals surface area (Å²) in [5, 5.41) is 0. The molecule has 0 aromatic heterocycles. The maximum Gasteiger partial charge on any atom is 0.359 e. The van der Waals surface area contributed by atoms with E-state index in [0.717, 1.165) is 11.1 Å². The van der Waals surface area contributed by atoms with Gasteiger partial charge in [-0.05, 0) is 24.1 Å². The van der Waals surface area contributed by atoms with E-state index in [4.69, 9.17) is 9.47 Å². The average molecular weight is 334 g/mol. The smallest absolute Gasteiger partial charge is 0.359 e. The van der Waals surface area contributed by atoms with Gasteiger partial charge in [0.1, 0.15) is 0 Å². The molecule has 0 amide bonds. The van der Waals surface area contributed by atoms with Crippen molar-refractivity contribution in [2.45, 2.75) is 12.5 Å². The number of hydrogen-bond acceptors (Lipinski definition) is 4. The summed E-state index contributed by atoms with van der Waals surface area (Å²) < 4.78 is 10.7. The number of carbonyl (C=O) groups excluding carboxylic acids is 2. The largest absolute Gasteiger partial charge is 0.463 e. The lowest BCUT2D eigenvalue weighted by atomic mass is 9.88. The van der Waals surface area contributed by atoms with Crippen molar-refractivity contribution in [1.82, 2.24) is 0 Å². The molecule has 4 heteroatoms. The summed E-state index contributed by atoms with van der Waals surface area (Å²) >= 11 is 0. The molecule has 2 aromatic rings. The SMILES string of the molecule is CCOC(=O)C1(/C=C/c2ccccc2)OC(=O)C=C1c1ccccc1. The van der Waals surface area contributed by atoms with Crippen LogP contribution < -0.4 is 0 Å². The first kappa shape index (κ1) is 16.7. The molecule has 0 bridgehead atoms. The predicted octanol–water partition coefficient (Wildman–Crippen LogP) is 3.64. The third kappa shape index (κ3) is 3.38. The Balaban J connectivity index is 2.08. The number of cyclic esters (lactones) is 1. The van der Waals surface area contributed by atoms with Crippen molar-refractivity contribution < 1.29 is 19.1 Å². The van der Waals surface area contributed by atoms with Crippen molar-refractivity contribution in [3.05, 3.63) is 83.9 Å². The first-order chi connectivity index (χ1) is 12.2. The van der Waals surface area contributed by atoms with E-state index in [1.165, 1.54) is 6.08 Å². The minimum Gasteiger partial charge on any atom is -0.463 e. The van der Waals surface area contributed by atoms with Crippen LogP contribution in [-0.2, 0) is 19.1 Å². The normalized spacial score (nSPS) is 19.6. The minimum atomic E-state index is -1.58. The van der Waals surface area contributed by atoms with Gasteiger partial charge in [0.15, 0.2) is 0 Å². The van der Waals surface area contributed by atoms with Gasteiger partial charge in [0.05, 0.1) is 6.61 Å². The molecule has 1 heterocycles. The number of ether oxygens (including phenoxy) is 2. The summed E-state index contributed by atoms with van der Waals surface area (Å²) in [6.07, 6.45) is 4.69. The monoisotopic (exact) mass is 334 g/mol. The highest BCUT2D eigenvalue weighted by atomic mass is 16.6. The van der Waals surface area contributed by atoms with Gasteiger partial charge in [0, 0.05) is 11.6 Å². The summed E-state index contributed by atoms with van der Waals surface area (Å²) in [7, 11) is 0. The van der Waals surface area contributed by atoms with Gasteiger partial charge in [-0.1, -0.05) is 66.7 Å². The number of benzene rings is 2. The van der Waals surface area contributed by atoms with E-state index in [9.17, 15) is 9.59 Å². The van der Waals surface area contributed by atoms with E-state index in [1.807, 2.05) is 60.7 Å². The highest BCUT2D eigenvalue weighted by Gasteiger charge is 2.49. The van der Waals surface area contributed by atoms with E-state index < -0.39 is 17.5 Å². The molecular weight excluding hydrogens is 316 g/mol. The molecule has 2 aromatic carbocycles. The van der Waals surface area contributed by atoms with Crippen molar-refractivity contribution in [3.8, 4) is 0 Å². The molecule has 0 spiro atoms. The van der Waals surface area contributed by atoms with Crippen LogP contribution in [0.1, 0.15) is 18.1 Å². The summed E-state index contributed by atoms with van der Waals surface area (Å²) in [6, 6.07) is 18.7. The lowest BCUT2D eigenvalue weighted by Gasteiger charge is -2.25. The van der Waals surface area contributed by atoms with E-state index in [0.29, 0.717) is 5.57 Å². The van der Waals surface area contributed by atoms with Gasteiger partial charge < -0.3 is 9.47 Å². The lowest BCUT2D eigenvalue weighted by Crippen LogP contribution is -2.40. The van der Waals surface area contributed by atoms with Crippen LogP contribution in [0.5, 0.6) is 0 Å². The van der Waals surface area contributed by atoms with E-state index >= 15 is 0 Å². The zero-order chi connectivity index (χ0) is 17.7. The van der Waals surface area contributed by atoms with Gasteiger partial charge in [0.25, 0.3) is 5.60 Å². The average Bonchev–Trinajstić information content (AvgIpc) is 2.99. The van der Waals surface area contributed by atoms with Gasteiger partial charge in [-0.2, -0.15) is 0 Å². The van der Waals surface area contributed by atoms with Gasteiger partial charge >= 0.3 is 11.9 Å². The molecule has 4 nitrogen and oxygen atoms in total. The molecule has 0 saturated carbocycles. The van der Waals surface area contributed by atoms with Gasteiger partial charge in [-0.15, -0.1) is 0 Å². The van der Waals surface area contributed by atoms with Crippen LogP contribution in [0.4, 0.5) is 0 Å². The van der Waals surface area contributed by atoms with Gasteiger partial charge in [-0.3, -0.25) is 0 Å². The quantitative estimate of drug-likeness (QED) is 0.783. The molecule has 0 aliphatic carbocycles. The molecule has 1 atom stereocenters. The molecule has 1 aliphatic heterocycles. The van der Waals surface area contributed by atoms with Crippen LogP contribution in [0.3, 0.4) is 0 Å². The molecule has 3 rings (SSSR count). The van der Waals surface area contributed by atoms with Gasteiger partial charge in [0.2, 0.25) is 0 Å². The van der Waals surface area contributed by atoms with Crippen LogP contribution in [-0.4, -0.2) is 24.1 Å². The number of hydrogen-bond donors (Lipinski definition) is 0. The topological polar surface area (TPSA) is 52.6 Å². The van der Waals surface area contributed by atoms with E-state index in [2.05, 4.69) is 0 Å². The summed E-state index contributed by atoms with van der Waals surface area (Å²) in [4.78, 5) is 24.7. The molecule has 0 N–H and O–H groups in total. The van der Waals surface area contributed by atoms with Crippen molar-refractivity contribution in [2.75, 3.05) is 6.61 Å². The van der Waals surface area contributed by atoms with E-state index in [-0.39, 0.29) is 6.61 Å². The molecule has 0 fully saturated rings. The molecule has 1 aliphatic rings. The fourth-order valence-electron chi connectivity index (χ4n) is 2.74. The Morgan fingerprint density at radius 3 is 2.36 bits per heavy atom. The van der Waals surface area contributed by atoms with Crippen molar-refractivity contribution in [1.29, 1.82) is 0 Å². The Kier molecular flexibility index (Phi) is 4.80. The third-order valence-corrected chi connectivity index (χ3v) is 3.90. The molecule has 126 valence electrons. The number of rotatable bonds is 5. The fourth-order valence-corrected chi connectivity index (χ4v) is 2.74. The zero-order valence-corrected chi connectivity index (χ0v) is 13.8. The fraction of sp³-hybridized carbons (Fsp3) is 0.143. The number of carbonyl (C=O) groups is 2. The van der Waals surface area contributed by atoms with Crippen molar-refractivity contribution >= 4 is 23.6 Å². The molecule has 25 heavy (non-hydrogen) atoms. The summed E-state index contributed by atoms with van der Waals surface area (Å²) in [5.74, 6) is -1.17. The third-order valence-electron chi connectivity index (χ3n) is 3.90. The first-order valence-electron chi connectivity index (χ1n) is 8.08. The van der Waals surface area contributed by atoms with Crippen LogP contribution >= 0.6 is 0 Å². The Morgan fingerprint density at radius 2 is 1.72 bits per heavy atom. The second-order valence-electron chi connectivity index (χ2n) is 5.55. The van der Waals surface area contributed by atoms with Gasteiger partial charge in [-0.25, -0.2) is 9.59 Å². The minimum absolute atomic E-state index is 0.194. The Hall–Kier alpha value is -3.14. The number of esters is 2. The van der Waals surface area contributed by atoms with Crippen molar-refractivity contribution in [3.63, 3.8) is 0 Å². The van der Waals surface area contributed by atoms with E-state index in [1.54, 1.807) is 19.1 Å². The molecular formula is C21H18O4. The second-order valence-corrected chi connectivity index (χ2v) is 5.55. The molecule has 1 unspecified atom stereocenters. The summed E-state index contributed by atoms with van der Waals surface area (Å²) in [6.45, 7) is 1.91. The maximum atomic E-state index is 12.7. The van der Waals surface area contributed by atoms with Crippen LogP contribution in [0.2, 0.25) is 0 Å². The highest BCUT2D eigenvalue weighted by molar-refractivity contribution is 6.11. The van der Waals surface area contributed by atoms with Crippen LogP contribution in [0.25, 0.3) is 11.6 Å². The summed E-state index contributed by atoms with van der Waals surface area (Å²) in [5.41, 5.74) is 0.522. The second kappa shape index (κ2) is 7.18. The predicted molar refractivity (Wildman–Crippen MR) is 95.4 cm³/mol. The highest BCUT2D eigenvalue weighted by Crippen LogP contribution is 2.38. The Labute approximate surface area is 146 Å². The van der Waals surface area contributed by atoms with Crippen LogP contribution in [0, 0.1) is 0 Å². The Morgan fingerprint density at radius 1 is 1.08 bits per heavy atom. The first-order valence-corrected chi connectivity index (χ1v) is 8.08.